The second kappa shape index (κ2) is 9.43. The quantitative estimate of drug-likeness (QED) is 0.525. The summed E-state index contributed by atoms with van der Waals surface area (Å²) in [5, 5.41) is 12.0. The molecule has 0 saturated carbocycles. The minimum atomic E-state index is -0.845. The standard InChI is InChI=1S/C18H20N8O4/c1-19-16(27)15-14(8-22-26(15)2)25-18(28)30-17-13(5-4-11(24-17)9-29-3)23-12-6-20-10-21-7-12/h4-8,10,23H,9H2,1-3H3,(H,19,27)(H,25,28). The van der Waals surface area contributed by atoms with Gasteiger partial charge in [-0.05, 0) is 12.1 Å². The lowest BCUT2D eigenvalue weighted by Gasteiger charge is -2.13. The fourth-order valence-electron chi connectivity index (χ4n) is 2.54. The minimum Gasteiger partial charge on any atom is -0.389 e. The largest absolute Gasteiger partial charge is 0.418 e. The summed E-state index contributed by atoms with van der Waals surface area (Å²) in [5.41, 5.74) is 1.93. The van der Waals surface area contributed by atoms with E-state index in [1.165, 1.54) is 31.4 Å². The van der Waals surface area contributed by atoms with Crippen molar-refractivity contribution in [2.75, 3.05) is 24.8 Å². The molecular weight excluding hydrogens is 392 g/mol. The fraction of sp³-hybridized carbons (Fsp3) is 0.222. The fourth-order valence-corrected chi connectivity index (χ4v) is 2.54. The summed E-state index contributed by atoms with van der Waals surface area (Å²) >= 11 is 0. The maximum atomic E-state index is 12.5. The number of methoxy groups -OCH3 is 1. The van der Waals surface area contributed by atoms with Gasteiger partial charge in [0.05, 0.1) is 42.3 Å². The number of carbonyl (C=O) groups is 2. The number of hydrogen-bond acceptors (Lipinski definition) is 9. The summed E-state index contributed by atoms with van der Waals surface area (Å²) < 4.78 is 11.8. The number of pyridine rings is 1. The maximum Gasteiger partial charge on any atom is 0.418 e. The number of amides is 2. The lowest BCUT2D eigenvalue weighted by Crippen LogP contribution is -2.25. The molecule has 12 heteroatoms. The van der Waals surface area contributed by atoms with Gasteiger partial charge in [-0.15, -0.1) is 0 Å². The Balaban J connectivity index is 1.83. The van der Waals surface area contributed by atoms with Crippen LogP contribution < -0.4 is 20.7 Å². The lowest BCUT2D eigenvalue weighted by molar-refractivity contribution is 0.0954. The zero-order valence-electron chi connectivity index (χ0n) is 16.5. The van der Waals surface area contributed by atoms with Crippen LogP contribution in [0.4, 0.5) is 21.9 Å². The van der Waals surface area contributed by atoms with Crippen LogP contribution in [-0.2, 0) is 18.4 Å². The van der Waals surface area contributed by atoms with E-state index in [1.807, 2.05) is 0 Å². The topological polar surface area (TPSA) is 145 Å². The highest BCUT2D eigenvalue weighted by molar-refractivity contribution is 6.01. The van der Waals surface area contributed by atoms with Gasteiger partial charge in [-0.3, -0.25) is 14.8 Å². The SMILES string of the molecule is CNC(=O)c1c(NC(=O)Oc2nc(COC)ccc2Nc2cncnc2)cnn1C. The van der Waals surface area contributed by atoms with Crippen molar-refractivity contribution in [2.45, 2.75) is 6.61 Å². The van der Waals surface area contributed by atoms with Crippen molar-refractivity contribution < 1.29 is 19.1 Å². The number of nitrogens with zero attached hydrogens (tertiary/aromatic N) is 5. The Morgan fingerprint density at radius 3 is 2.60 bits per heavy atom. The highest BCUT2D eigenvalue weighted by Gasteiger charge is 2.20. The molecule has 0 bridgehead atoms. The molecule has 12 nitrogen and oxygen atoms in total. The number of carbonyl (C=O) groups excluding carboxylic acids is 2. The van der Waals surface area contributed by atoms with E-state index < -0.39 is 12.0 Å². The number of rotatable bonds is 7. The molecule has 156 valence electrons. The molecule has 0 spiro atoms. The second-order valence-electron chi connectivity index (χ2n) is 5.96. The van der Waals surface area contributed by atoms with Crippen molar-refractivity contribution in [3.8, 4) is 5.88 Å². The van der Waals surface area contributed by atoms with E-state index in [1.54, 1.807) is 31.6 Å². The number of hydrogen-bond donors (Lipinski definition) is 3. The van der Waals surface area contributed by atoms with Crippen LogP contribution in [-0.4, -0.2) is 50.9 Å². The van der Waals surface area contributed by atoms with Gasteiger partial charge in [-0.2, -0.15) is 5.10 Å². The molecule has 0 radical (unpaired) electrons. The first-order chi connectivity index (χ1) is 14.5. The van der Waals surface area contributed by atoms with E-state index in [9.17, 15) is 9.59 Å². The molecule has 0 aliphatic carbocycles. The van der Waals surface area contributed by atoms with Crippen LogP contribution in [0.5, 0.6) is 5.88 Å². The van der Waals surface area contributed by atoms with Crippen LogP contribution in [0.25, 0.3) is 0 Å². The van der Waals surface area contributed by atoms with Crippen molar-refractivity contribution >= 4 is 29.1 Å². The number of aromatic nitrogens is 5. The third kappa shape index (κ3) is 4.86. The summed E-state index contributed by atoms with van der Waals surface area (Å²) in [4.78, 5) is 36.7. The van der Waals surface area contributed by atoms with Crippen molar-refractivity contribution in [1.29, 1.82) is 0 Å². The van der Waals surface area contributed by atoms with Crippen LogP contribution in [0.3, 0.4) is 0 Å². The molecule has 3 N–H and O–H groups in total. The highest BCUT2D eigenvalue weighted by Crippen LogP contribution is 2.26. The Morgan fingerprint density at radius 2 is 1.90 bits per heavy atom. The molecule has 0 unspecified atom stereocenters. The van der Waals surface area contributed by atoms with Crippen molar-refractivity contribution in [3.63, 3.8) is 0 Å². The van der Waals surface area contributed by atoms with Crippen LogP contribution in [0.2, 0.25) is 0 Å². The summed E-state index contributed by atoms with van der Waals surface area (Å²) in [5.74, 6) is -0.395. The zero-order valence-corrected chi connectivity index (χ0v) is 16.5. The molecular formula is C18H20N8O4. The third-order valence-corrected chi connectivity index (χ3v) is 3.86. The van der Waals surface area contributed by atoms with E-state index in [0.717, 1.165) is 0 Å². The molecule has 30 heavy (non-hydrogen) atoms. The zero-order chi connectivity index (χ0) is 21.5. The minimum absolute atomic E-state index is 0.0105. The van der Waals surface area contributed by atoms with Gasteiger partial charge in [0.1, 0.15) is 17.7 Å². The van der Waals surface area contributed by atoms with E-state index in [0.29, 0.717) is 17.1 Å². The molecule has 0 fully saturated rings. The molecule has 0 aliphatic heterocycles. The number of anilines is 3. The van der Waals surface area contributed by atoms with Crippen LogP contribution in [0.1, 0.15) is 16.2 Å². The predicted molar refractivity (Wildman–Crippen MR) is 107 cm³/mol. The molecule has 0 aliphatic rings. The van der Waals surface area contributed by atoms with Crippen molar-refractivity contribution in [1.82, 2.24) is 30.0 Å². The summed E-state index contributed by atoms with van der Waals surface area (Å²) in [6.07, 6.45) is 5.02. The molecule has 0 atom stereocenters. The Bertz CT molecular complexity index is 1040. The van der Waals surface area contributed by atoms with Gasteiger partial charge >= 0.3 is 6.09 Å². The van der Waals surface area contributed by atoms with Gasteiger partial charge in [0.25, 0.3) is 5.91 Å². The van der Waals surface area contributed by atoms with Crippen molar-refractivity contribution in [2.24, 2.45) is 7.05 Å². The third-order valence-electron chi connectivity index (χ3n) is 3.86. The highest BCUT2D eigenvalue weighted by atomic mass is 16.6. The number of nitrogens with one attached hydrogen (secondary N) is 3. The van der Waals surface area contributed by atoms with Gasteiger partial charge in [0, 0.05) is 21.2 Å². The summed E-state index contributed by atoms with van der Waals surface area (Å²) in [6.45, 7) is 0.232. The first-order valence-electron chi connectivity index (χ1n) is 8.75. The first kappa shape index (κ1) is 20.7. The van der Waals surface area contributed by atoms with E-state index >= 15 is 0 Å². The lowest BCUT2D eigenvalue weighted by atomic mass is 10.3. The Labute approximate surface area is 171 Å². The van der Waals surface area contributed by atoms with E-state index in [4.69, 9.17) is 9.47 Å². The summed E-state index contributed by atoms with van der Waals surface area (Å²) in [6, 6.07) is 3.42. The van der Waals surface area contributed by atoms with Crippen LogP contribution >= 0.6 is 0 Å². The first-order valence-corrected chi connectivity index (χ1v) is 8.75. The normalized spacial score (nSPS) is 10.4. The van der Waals surface area contributed by atoms with E-state index in [2.05, 4.69) is 36.0 Å². The Hall–Kier alpha value is -4.06. The average molecular weight is 412 g/mol. The molecule has 3 aromatic heterocycles. The molecule has 2 amide bonds. The second-order valence-corrected chi connectivity index (χ2v) is 5.96. The van der Waals surface area contributed by atoms with Gasteiger partial charge < -0.3 is 20.1 Å². The smallest absolute Gasteiger partial charge is 0.389 e. The molecule has 3 rings (SSSR count). The predicted octanol–water partition coefficient (Wildman–Crippen LogP) is 1.47. The van der Waals surface area contributed by atoms with Gasteiger partial charge in [0.2, 0.25) is 5.88 Å². The molecule has 0 aromatic carbocycles. The van der Waals surface area contributed by atoms with Gasteiger partial charge in [-0.1, -0.05) is 0 Å². The monoisotopic (exact) mass is 412 g/mol. The van der Waals surface area contributed by atoms with E-state index in [-0.39, 0.29) is 23.9 Å². The molecule has 3 heterocycles. The Kier molecular flexibility index (Phi) is 6.49. The van der Waals surface area contributed by atoms with Gasteiger partial charge in [0.15, 0.2) is 0 Å². The average Bonchev–Trinajstić information content (AvgIpc) is 3.10. The van der Waals surface area contributed by atoms with Crippen molar-refractivity contribution in [3.05, 3.63) is 48.4 Å². The number of aryl methyl sites for hydroxylation is 1. The maximum absolute atomic E-state index is 12.5. The van der Waals surface area contributed by atoms with Crippen LogP contribution in [0, 0.1) is 0 Å². The summed E-state index contributed by atoms with van der Waals surface area (Å²) in [7, 11) is 4.60. The molecule has 0 saturated heterocycles. The van der Waals surface area contributed by atoms with Crippen LogP contribution in [0.15, 0.2) is 37.1 Å². The Morgan fingerprint density at radius 1 is 1.13 bits per heavy atom. The molecule has 3 aromatic rings. The van der Waals surface area contributed by atoms with Gasteiger partial charge in [-0.25, -0.2) is 19.7 Å². The number of ether oxygens (including phenoxy) is 2.